The third kappa shape index (κ3) is 17.2. The smallest absolute Gasteiger partial charge is 0.336 e. The van der Waals surface area contributed by atoms with Crippen LogP contribution in [-0.2, 0) is 39.8 Å². The fraction of sp³-hybridized carbons (Fsp3) is 0.254. The van der Waals surface area contributed by atoms with Gasteiger partial charge in [-0.05, 0) is 83.8 Å². The normalized spacial score (nSPS) is 15.0. The number of allylic oxidation sites excluding steroid dienone is 2. The Hall–Kier alpha value is -8.04. The standard InChI is InChI=1S/C34H38ClN3O4.C32H31ClN2O4.CH4/c1-3-28-32(34(40)41-2)30(25-15-10-16-26(35)21-25)31(29(38-28)22-42-20-18-36)33(39)37-19-17-27(23-11-6-4-7-12-23)24-13-8-5-9-14-24;1-22-28(32(37)38)29(25-15-8-16-26(33)20-25)30(31(36)34-18-9-14-23-10-4-2-5-11-23)27(35-22)21-39-19-17-24-12-6-3-7-13-24;/h4-16,21,27,30,38H,3,17-20,22,36H2,1-2H3,(H,37,39);2-16,20,29,35H,17-19,21H2,1H3,(H,34,36)(H,37,38);1H4/b;14-9+;. The van der Waals surface area contributed by atoms with Crippen molar-refractivity contribution in [2.24, 2.45) is 5.73 Å². The molecule has 0 radical (unpaired) electrons. The minimum absolute atomic E-state index is 0. The fourth-order valence-corrected chi connectivity index (χ4v) is 10.4. The number of halogens is 2. The summed E-state index contributed by atoms with van der Waals surface area (Å²) in [6.07, 6.45) is 5.69. The molecule has 15 heteroatoms. The summed E-state index contributed by atoms with van der Waals surface area (Å²) in [5, 5.41) is 23.7. The Morgan fingerprint density at radius 3 is 1.68 bits per heavy atom. The van der Waals surface area contributed by atoms with Crippen LogP contribution in [0.1, 0.15) is 85.3 Å². The van der Waals surface area contributed by atoms with E-state index in [0.29, 0.717) is 106 Å². The molecule has 6 aromatic carbocycles. The molecule has 13 nitrogen and oxygen atoms in total. The van der Waals surface area contributed by atoms with Gasteiger partial charge >= 0.3 is 11.9 Å². The number of amides is 2. The van der Waals surface area contributed by atoms with Crippen LogP contribution in [0.4, 0.5) is 0 Å². The summed E-state index contributed by atoms with van der Waals surface area (Å²) in [5.41, 5.74) is 14.9. The molecule has 2 aliphatic rings. The number of carbonyl (C=O) groups is 4. The summed E-state index contributed by atoms with van der Waals surface area (Å²) in [5.74, 6) is -3.72. The largest absolute Gasteiger partial charge is 0.478 e. The van der Waals surface area contributed by atoms with Crippen LogP contribution >= 0.6 is 23.2 Å². The van der Waals surface area contributed by atoms with Crippen LogP contribution in [0.25, 0.3) is 6.08 Å². The van der Waals surface area contributed by atoms with Gasteiger partial charge in [0.2, 0.25) is 11.8 Å². The summed E-state index contributed by atoms with van der Waals surface area (Å²) >= 11 is 12.7. The second-order valence-corrected chi connectivity index (χ2v) is 20.0. The third-order valence-corrected chi connectivity index (χ3v) is 14.2. The summed E-state index contributed by atoms with van der Waals surface area (Å²) in [6, 6.07) is 54.4. The Labute approximate surface area is 492 Å². The molecule has 0 aromatic heterocycles. The van der Waals surface area contributed by atoms with Crippen LogP contribution in [0, 0.1) is 0 Å². The van der Waals surface area contributed by atoms with E-state index in [1.807, 2.05) is 128 Å². The minimum atomic E-state index is -1.11. The Balaban J connectivity index is 0.000000261. The average Bonchev–Trinajstić information content (AvgIpc) is 3.65. The van der Waals surface area contributed by atoms with Gasteiger partial charge in [-0.15, -0.1) is 0 Å². The van der Waals surface area contributed by atoms with Gasteiger partial charge in [-0.25, -0.2) is 9.59 Å². The molecule has 0 saturated carbocycles. The van der Waals surface area contributed by atoms with E-state index in [1.54, 1.807) is 43.3 Å². The molecular weight excluding hydrogens is 1070 g/mol. The number of methoxy groups -OCH3 is 1. The number of aliphatic carboxylic acids is 1. The lowest BCUT2D eigenvalue weighted by Gasteiger charge is -2.33. The number of esters is 1. The van der Waals surface area contributed by atoms with Crippen molar-refractivity contribution >= 4 is 53.0 Å². The van der Waals surface area contributed by atoms with E-state index in [9.17, 15) is 24.3 Å². The second kappa shape index (κ2) is 32.4. The summed E-state index contributed by atoms with van der Waals surface area (Å²) < 4.78 is 17.0. The number of rotatable bonds is 24. The van der Waals surface area contributed by atoms with Gasteiger partial charge in [0.05, 0.1) is 79.1 Å². The summed E-state index contributed by atoms with van der Waals surface area (Å²) in [4.78, 5) is 53.4. The van der Waals surface area contributed by atoms with Crippen molar-refractivity contribution in [3.05, 3.63) is 264 Å². The SMILES string of the molecule is C.CC1=C(C(=O)O)C(c2cccc(Cl)c2)C(C(=O)NC/C=C/c2ccccc2)=C(COCCc2ccccc2)N1.CCC1=C(C(=O)OC)C(c2cccc(Cl)c2)C(C(=O)NCCC(c2ccccc2)c2ccccc2)=C(COCCN)N1. The van der Waals surface area contributed by atoms with Gasteiger partial charge in [0.25, 0.3) is 0 Å². The van der Waals surface area contributed by atoms with Crippen molar-refractivity contribution in [2.75, 3.05) is 53.2 Å². The Morgan fingerprint density at radius 1 is 0.646 bits per heavy atom. The van der Waals surface area contributed by atoms with Crippen molar-refractivity contribution in [1.29, 1.82) is 0 Å². The highest BCUT2D eigenvalue weighted by atomic mass is 35.5. The lowest BCUT2D eigenvalue weighted by atomic mass is 9.79. The Morgan fingerprint density at radius 2 is 1.16 bits per heavy atom. The van der Waals surface area contributed by atoms with Crippen LogP contribution in [0.5, 0.6) is 0 Å². The molecule has 0 fully saturated rings. The summed E-state index contributed by atoms with van der Waals surface area (Å²) in [6.45, 7) is 5.69. The number of carboxylic acids is 1. The van der Waals surface area contributed by atoms with Gasteiger partial charge in [-0.1, -0.05) is 195 Å². The Bertz CT molecular complexity index is 3220. The van der Waals surface area contributed by atoms with Crippen LogP contribution in [0.15, 0.2) is 221 Å². The van der Waals surface area contributed by atoms with Crippen molar-refractivity contribution in [2.45, 2.75) is 58.3 Å². The number of nitrogens with one attached hydrogen (secondary N) is 4. The summed E-state index contributed by atoms with van der Waals surface area (Å²) in [7, 11) is 1.34. The molecule has 8 rings (SSSR count). The van der Waals surface area contributed by atoms with Gasteiger partial charge in [0.15, 0.2) is 0 Å². The molecule has 82 heavy (non-hydrogen) atoms. The van der Waals surface area contributed by atoms with Crippen molar-refractivity contribution in [1.82, 2.24) is 21.3 Å². The topological polar surface area (TPSA) is 190 Å². The van der Waals surface area contributed by atoms with Gasteiger partial charge < -0.3 is 46.3 Å². The molecule has 2 atom stereocenters. The minimum Gasteiger partial charge on any atom is -0.478 e. The first-order chi connectivity index (χ1) is 39.4. The highest BCUT2D eigenvalue weighted by molar-refractivity contribution is 6.31. The molecule has 2 heterocycles. The first-order valence-corrected chi connectivity index (χ1v) is 27.7. The zero-order chi connectivity index (χ0) is 57.5. The van der Waals surface area contributed by atoms with Crippen molar-refractivity contribution in [3.63, 3.8) is 0 Å². The van der Waals surface area contributed by atoms with Crippen LogP contribution in [-0.4, -0.2) is 82.0 Å². The number of ether oxygens (including phenoxy) is 3. The maximum absolute atomic E-state index is 14.1. The second-order valence-electron chi connectivity index (χ2n) is 19.2. The van der Waals surface area contributed by atoms with Crippen molar-refractivity contribution < 1.29 is 38.5 Å². The molecule has 0 aliphatic carbocycles. The first-order valence-electron chi connectivity index (χ1n) is 27.0. The fourth-order valence-electron chi connectivity index (χ4n) is 10.0. The number of dihydropyridines is 2. The molecule has 2 aliphatic heterocycles. The molecule has 0 spiro atoms. The molecule has 6 aromatic rings. The lowest BCUT2D eigenvalue weighted by Crippen LogP contribution is -2.39. The molecule has 2 unspecified atom stereocenters. The van der Waals surface area contributed by atoms with E-state index >= 15 is 0 Å². The molecule has 2 amide bonds. The molecular formula is C67H73Cl2N5O8. The average molecular weight is 1150 g/mol. The van der Waals surface area contributed by atoms with Crippen LogP contribution < -0.4 is 27.0 Å². The predicted molar refractivity (Wildman–Crippen MR) is 327 cm³/mol. The van der Waals surface area contributed by atoms with Gasteiger partial charge in [0.1, 0.15) is 0 Å². The molecule has 428 valence electrons. The first kappa shape index (κ1) is 63.1. The quantitative estimate of drug-likeness (QED) is 0.0250. The van der Waals surface area contributed by atoms with E-state index in [0.717, 1.165) is 11.1 Å². The van der Waals surface area contributed by atoms with Crippen LogP contribution in [0.3, 0.4) is 0 Å². The van der Waals surface area contributed by atoms with Crippen molar-refractivity contribution in [3.8, 4) is 0 Å². The van der Waals surface area contributed by atoms with E-state index in [-0.39, 0.29) is 50.5 Å². The number of benzene rings is 6. The van der Waals surface area contributed by atoms with Gasteiger partial charge in [-0.2, -0.15) is 0 Å². The Kier molecular flexibility index (Phi) is 25.0. The van der Waals surface area contributed by atoms with E-state index in [1.165, 1.54) is 18.2 Å². The number of carboxylic acid groups (broad SMARTS) is 1. The zero-order valence-electron chi connectivity index (χ0n) is 45.8. The number of nitrogens with two attached hydrogens (primary N) is 1. The highest BCUT2D eigenvalue weighted by Crippen LogP contribution is 2.42. The molecule has 0 bridgehead atoms. The van der Waals surface area contributed by atoms with Gasteiger partial charge in [0, 0.05) is 47.0 Å². The lowest BCUT2D eigenvalue weighted by molar-refractivity contribution is -0.136. The monoisotopic (exact) mass is 1150 g/mol. The number of carbonyl (C=O) groups excluding carboxylic acids is 3. The number of hydrogen-bond acceptors (Lipinski definition) is 10. The van der Waals surface area contributed by atoms with E-state index in [2.05, 4.69) is 45.5 Å². The molecule has 7 N–H and O–H groups in total. The zero-order valence-corrected chi connectivity index (χ0v) is 47.3. The predicted octanol–water partition coefficient (Wildman–Crippen LogP) is 11.8. The van der Waals surface area contributed by atoms with Gasteiger partial charge in [-0.3, -0.25) is 9.59 Å². The maximum Gasteiger partial charge on any atom is 0.336 e. The highest BCUT2D eigenvalue weighted by Gasteiger charge is 2.40. The van der Waals surface area contributed by atoms with E-state index in [4.69, 9.17) is 43.1 Å². The molecule has 0 saturated heterocycles. The van der Waals surface area contributed by atoms with Crippen LogP contribution in [0.2, 0.25) is 10.0 Å². The van der Waals surface area contributed by atoms with E-state index < -0.39 is 23.8 Å². The maximum atomic E-state index is 14.1. The third-order valence-electron chi connectivity index (χ3n) is 13.8. The number of hydrogen-bond donors (Lipinski definition) is 6.